The monoisotopic (exact) mass is 391 g/mol. The van der Waals surface area contributed by atoms with Crippen molar-refractivity contribution in [3.05, 3.63) is 62.6 Å². The first-order valence-electron chi connectivity index (χ1n) is 7.69. The van der Waals surface area contributed by atoms with Gasteiger partial charge in [0.25, 0.3) is 11.6 Å². The third kappa shape index (κ3) is 3.58. The molecule has 1 aliphatic heterocycles. The van der Waals surface area contributed by atoms with Crippen LogP contribution in [0.2, 0.25) is 5.02 Å². The third-order valence-electron chi connectivity index (χ3n) is 3.80. The number of nitrogens with one attached hydrogen (secondary N) is 1. The van der Waals surface area contributed by atoms with E-state index >= 15 is 0 Å². The molecule has 0 atom stereocenters. The molecule has 134 valence electrons. The average Bonchev–Trinajstić information content (AvgIpc) is 3.17. The predicted molar refractivity (Wildman–Crippen MR) is 100 cm³/mol. The number of nitrogens with zero attached hydrogens (tertiary/aromatic N) is 4. The van der Waals surface area contributed by atoms with Crippen LogP contribution in [-0.4, -0.2) is 30.6 Å². The topological polar surface area (TPSA) is 93.3 Å². The molecule has 1 aromatic carbocycles. The summed E-state index contributed by atoms with van der Waals surface area (Å²) in [6.45, 7) is 2.98. The van der Waals surface area contributed by atoms with Gasteiger partial charge in [0, 0.05) is 41.0 Å². The van der Waals surface area contributed by atoms with Crippen molar-refractivity contribution < 1.29 is 9.72 Å². The van der Waals surface area contributed by atoms with E-state index in [2.05, 4.69) is 10.4 Å². The molecule has 2 heterocycles. The summed E-state index contributed by atoms with van der Waals surface area (Å²) in [7, 11) is 0. The van der Waals surface area contributed by atoms with Crippen molar-refractivity contribution in [3.63, 3.8) is 0 Å². The Balaban J connectivity index is 1.85. The summed E-state index contributed by atoms with van der Waals surface area (Å²) in [6.07, 6.45) is 4.98. The zero-order valence-electron chi connectivity index (χ0n) is 13.7. The van der Waals surface area contributed by atoms with Gasteiger partial charge in [0.2, 0.25) is 0 Å². The van der Waals surface area contributed by atoms with Crippen LogP contribution in [0.15, 0.2) is 36.3 Å². The van der Waals surface area contributed by atoms with Gasteiger partial charge in [-0.2, -0.15) is 5.10 Å². The largest absolute Gasteiger partial charge is 0.328 e. The van der Waals surface area contributed by atoms with Crippen molar-refractivity contribution in [2.24, 2.45) is 0 Å². The zero-order valence-corrected chi connectivity index (χ0v) is 15.3. The Labute approximate surface area is 159 Å². The first-order chi connectivity index (χ1) is 12.4. The Morgan fingerprint density at radius 3 is 2.88 bits per heavy atom. The molecule has 0 saturated carbocycles. The van der Waals surface area contributed by atoms with Gasteiger partial charge in [-0.1, -0.05) is 11.6 Å². The minimum absolute atomic E-state index is 0.113. The second-order valence-corrected chi connectivity index (χ2v) is 6.34. The summed E-state index contributed by atoms with van der Waals surface area (Å²) in [5, 5.41) is 18.5. The standard InChI is InChI=1S/C16H14ClN5O3S/c1-2-20-8-10(7-18-20)9-21-15(23)14(19-16(21)26)6-11-5-12(22(24)25)3-4-13(11)17/h3-8H,2,9H2,1H3,(H,19,26)/b14-6+. The molecule has 1 N–H and O–H groups in total. The molecule has 1 aliphatic rings. The van der Waals surface area contributed by atoms with E-state index in [1.165, 1.54) is 29.2 Å². The lowest BCUT2D eigenvalue weighted by atomic mass is 10.1. The van der Waals surface area contributed by atoms with Gasteiger partial charge < -0.3 is 5.32 Å². The van der Waals surface area contributed by atoms with E-state index in [1.807, 2.05) is 13.1 Å². The number of carbonyl (C=O) groups excluding carboxylic acids is 1. The third-order valence-corrected chi connectivity index (χ3v) is 4.47. The van der Waals surface area contributed by atoms with Crippen LogP contribution >= 0.6 is 23.8 Å². The molecule has 10 heteroatoms. The van der Waals surface area contributed by atoms with Crippen LogP contribution in [-0.2, 0) is 17.9 Å². The molecule has 3 rings (SSSR count). The minimum Gasteiger partial charge on any atom is -0.328 e. The smallest absolute Gasteiger partial charge is 0.276 e. The second-order valence-electron chi connectivity index (χ2n) is 5.55. The van der Waals surface area contributed by atoms with Crippen molar-refractivity contribution in [1.29, 1.82) is 0 Å². The highest BCUT2D eigenvalue weighted by molar-refractivity contribution is 7.80. The van der Waals surface area contributed by atoms with E-state index < -0.39 is 4.92 Å². The quantitative estimate of drug-likeness (QED) is 0.364. The predicted octanol–water partition coefficient (Wildman–Crippen LogP) is 2.72. The summed E-state index contributed by atoms with van der Waals surface area (Å²) >= 11 is 11.3. The van der Waals surface area contributed by atoms with Crippen LogP contribution < -0.4 is 5.32 Å². The number of thiocarbonyl (C=S) groups is 1. The summed E-state index contributed by atoms with van der Waals surface area (Å²) in [5.41, 5.74) is 1.30. The fourth-order valence-electron chi connectivity index (χ4n) is 2.47. The maximum Gasteiger partial charge on any atom is 0.276 e. The fourth-order valence-corrected chi connectivity index (χ4v) is 2.90. The summed E-state index contributed by atoms with van der Waals surface area (Å²) < 4.78 is 1.76. The van der Waals surface area contributed by atoms with Crippen LogP contribution in [0.25, 0.3) is 6.08 Å². The normalized spacial score (nSPS) is 15.6. The van der Waals surface area contributed by atoms with Crippen LogP contribution in [0.5, 0.6) is 0 Å². The second kappa shape index (κ2) is 7.22. The van der Waals surface area contributed by atoms with Gasteiger partial charge >= 0.3 is 0 Å². The number of amides is 1. The molecule has 1 aromatic heterocycles. The van der Waals surface area contributed by atoms with Crippen LogP contribution in [0, 0.1) is 10.1 Å². The minimum atomic E-state index is -0.523. The van der Waals surface area contributed by atoms with Crippen molar-refractivity contribution in [2.75, 3.05) is 0 Å². The van der Waals surface area contributed by atoms with Crippen LogP contribution in [0.3, 0.4) is 0 Å². The molecular weight excluding hydrogens is 378 g/mol. The molecule has 0 unspecified atom stereocenters. The van der Waals surface area contributed by atoms with Gasteiger partial charge in [-0.15, -0.1) is 0 Å². The maximum absolute atomic E-state index is 12.6. The summed E-state index contributed by atoms with van der Waals surface area (Å²) in [5.74, 6) is -0.332. The Morgan fingerprint density at radius 2 is 2.23 bits per heavy atom. The Bertz CT molecular complexity index is 940. The van der Waals surface area contributed by atoms with Crippen LogP contribution in [0.4, 0.5) is 5.69 Å². The van der Waals surface area contributed by atoms with E-state index in [4.69, 9.17) is 23.8 Å². The van der Waals surface area contributed by atoms with Crippen molar-refractivity contribution in [1.82, 2.24) is 20.0 Å². The zero-order chi connectivity index (χ0) is 18.8. The van der Waals surface area contributed by atoms with Gasteiger partial charge in [0.05, 0.1) is 17.7 Å². The van der Waals surface area contributed by atoms with E-state index in [9.17, 15) is 14.9 Å². The summed E-state index contributed by atoms with van der Waals surface area (Å²) in [6, 6.07) is 4.03. The van der Waals surface area contributed by atoms with Crippen molar-refractivity contribution in [3.8, 4) is 0 Å². The van der Waals surface area contributed by atoms with Gasteiger partial charge in [-0.3, -0.25) is 24.5 Å². The number of nitro benzene ring substituents is 1. The van der Waals surface area contributed by atoms with Crippen molar-refractivity contribution in [2.45, 2.75) is 20.0 Å². The molecule has 26 heavy (non-hydrogen) atoms. The van der Waals surface area contributed by atoms with Crippen LogP contribution in [0.1, 0.15) is 18.1 Å². The van der Waals surface area contributed by atoms with E-state index in [0.717, 1.165) is 12.1 Å². The van der Waals surface area contributed by atoms with E-state index in [-0.39, 0.29) is 28.9 Å². The van der Waals surface area contributed by atoms with Gasteiger partial charge in [-0.05, 0) is 31.3 Å². The summed E-state index contributed by atoms with van der Waals surface area (Å²) in [4.78, 5) is 24.4. The van der Waals surface area contributed by atoms with Crippen molar-refractivity contribution >= 4 is 46.6 Å². The molecule has 0 radical (unpaired) electrons. The number of nitro groups is 1. The molecule has 1 fully saturated rings. The molecule has 0 aliphatic carbocycles. The molecular formula is C16H14ClN5O3S. The Morgan fingerprint density at radius 1 is 1.46 bits per heavy atom. The lowest BCUT2D eigenvalue weighted by Gasteiger charge is -2.12. The van der Waals surface area contributed by atoms with Gasteiger partial charge in [0.1, 0.15) is 5.70 Å². The maximum atomic E-state index is 12.6. The molecule has 0 spiro atoms. The number of hydrogen-bond donors (Lipinski definition) is 1. The number of halogens is 1. The Kier molecular flexibility index (Phi) is 5.01. The first kappa shape index (κ1) is 18.0. The highest BCUT2D eigenvalue weighted by atomic mass is 35.5. The Hall–Kier alpha value is -2.78. The number of rotatable bonds is 5. The lowest BCUT2D eigenvalue weighted by Crippen LogP contribution is -2.29. The van der Waals surface area contributed by atoms with E-state index in [0.29, 0.717) is 10.6 Å². The molecule has 2 aromatic rings. The lowest BCUT2D eigenvalue weighted by molar-refractivity contribution is -0.384. The fraction of sp³-hybridized carbons (Fsp3) is 0.188. The molecule has 8 nitrogen and oxygen atoms in total. The number of non-ortho nitro benzene ring substituents is 1. The average molecular weight is 392 g/mol. The highest BCUT2D eigenvalue weighted by Gasteiger charge is 2.31. The highest BCUT2D eigenvalue weighted by Crippen LogP contribution is 2.25. The van der Waals surface area contributed by atoms with E-state index in [1.54, 1.807) is 10.9 Å². The molecule has 1 amide bonds. The number of carbonyl (C=O) groups is 1. The number of aryl methyl sites for hydroxylation is 1. The van der Waals surface area contributed by atoms with Gasteiger partial charge in [-0.25, -0.2) is 0 Å². The molecule has 0 bridgehead atoms. The van der Waals surface area contributed by atoms with Gasteiger partial charge in [0.15, 0.2) is 5.11 Å². The number of aromatic nitrogens is 2. The molecule has 1 saturated heterocycles. The number of benzene rings is 1. The number of hydrogen-bond acceptors (Lipinski definition) is 5. The first-order valence-corrected chi connectivity index (χ1v) is 8.47. The SMILES string of the molecule is CCn1cc(CN2C(=O)/C(=C\c3cc([N+](=O)[O-])ccc3Cl)NC2=S)cn1.